The van der Waals surface area contributed by atoms with Gasteiger partial charge in [-0.3, -0.25) is 4.98 Å². The summed E-state index contributed by atoms with van der Waals surface area (Å²) < 4.78 is 5.05. The Morgan fingerprint density at radius 1 is 1.50 bits per heavy atom. The molecule has 0 bridgehead atoms. The maximum Gasteiger partial charge on any atom is 0.137 e. The number of rotatable bonds is 5. The fourth-order valence-corrected chi connectivity index (χ4v) is 1.23. The quantitative estimate of drug-likeness (QED) is 0.780. The summed E-state index contributed by atoms with van der Waals surface area (Å²) in [5, 5.41) is 3.38. The fourth-order valence-electron chi connectivity index (χ4n) is 1.23. The summed E-state index contributed by atoms with van der Waals surface area (Å²) in [7, 11) is 1.65. The average Bonchev–Trinajstić information content (AvgIpc) is 2.26. The molecule has 1 N–H and O–H groups in total. The van der Waals surface area contributed by atoms with Crippen LogP contribution in [0, 0.1) is 0 Å². The van der Waals surface area contributed by atoms with Crippen LogP contribution in [0.2, 0.25) is 0 Å². The van der Waals surface area contributed by atoms with Gasteiger partial charge in [-0.25, -0.2) is 0 Å². The third-order valence-electron chi connectivity index (χ3n) is 2.14. The standard InChI is InChI=1S/C11H18N2O/c1-4-7-12-9(2)11-6-5-10(14-3)8-13-11/h5-6,8-9,12H,4,7H2,1-3H3. The molecule has 3 heteroatoms. The van der Waals surface area contributed by atoms with Crippen molar-refractivity contribution >= 4 is 0 Å². The van der Waals surface area contributed by atoms with Gasteiger partial charge in [-0.2, -0.15) is 0 Å². The summed E-state index contributed by atoms with van der Waals surface area (Å²) in [6.07, 6.45) is 2.89. The van der Waals surface area contributed by atoms with E-state index in [1.54, 1.807) is 13.3 Å². The van der Waals surface area contributed by atoms with Crippen molar-refractivity contribution in [2.75, 3.05) is 13.7 Å². The molecule has 78 valence electrons. The van der Waals surface area contributed by atoms with Gasteiger partial charge in [0.15, 0.2) is 0 Å². The maximum atomic E-state index is 5.05. The van der Waals surface area contributed by atoms with Crippen LogP contribution in [0.3, 0.4) is 0 Å². The molecule has 1 atom stereocenters. The predicted molar refractivity (Wildman–Crippen MR) is 57.5 cm³/mol. The summed E-state index contributed by atoms with van der Waals surface area (Å²) >= 11 is 0. The Kier molecular flexibility index (Phi) is 4.40. The van der Waals surface area contributed by atoms with E-state index in [-0.39, 0.29) is 0 Å². The molecule has 0 aliphatic heterocycles. The van der Waals surface area contributed by atoms with E-state index in [9.17, 15) is 0 Å². The number of nitrogens with zero attached hydrogens (tertiary/aromatic N) is 1. The molecule has 0 radical (unpaired) electrons. The largest absolute Gasteiger partial charge is 0.495 e. The summed E-state index contributed by atoms with van der Waals surface area (Å²) in [5.74, 6) is 0.802. The molecule has 0 amide bonds. The van der Waals surface area contributed by atoms with E-state index in [2.05, 4.69) is 24.1 Å². The Morgan fingerprint density at radius 2 is 2.29 bits per heavy atom. The van der Waals surface area contributed by atoms with Gasteiger partial charge in [-0.1, -0.05) is 6.92 Å². The molecule has 0 aromatic carbocycles. The topological polar surface area (TPSA) is 34.1 Å². The fraction of sp³-hybridized carbons (Fsp3) is 0.545. The lowest BCUT2D eigenvalue weighted by Gasteiger charge is -2.12. The Morgan fingerprint density at radius 3 is 2.79 bits per heavy atom. The van der Waals surface area contributed by atoms with E-state index < -0.39 is 0 Å². The highest BCUT2D eigenvalue weighted by Gasteiger charge is 2.04. The summed E-state index contributed by atoms with van der Waals surface area (Å²) in [6.45, 7) is 5.29. The van der Waals surface area contributed by atoms with Crippen molar-refractivity contribution in [3.05, 3.63) is 24.0 Å². The Bertz CT molecular complexity index is 258. The van der Waals surface area contributed by atoms with Crippen LogP contribution in [0.25, 0.3) is 0 Å². The molecule has 1 aromatic heterocycles. The molecule has 0 aliphatic carbocycles. The molecule has 1 unspecified atom stereocenters. The SMILES string of the molecule is CCCNC(C)c1ccc(OC)cn1. The van der Waals surface area contributed by atoms with Crippen molar-refractivity contribution in [3.8, 4) is 5.75 Å². The highest BCUT2D eigenvalue weighted by atomic mass is 16.5. The van der Waals surface area contributed by atoms with Gasteiger partial charge in [0.05, 0.1) is 19.0 Å². The van der Waals surface area contributed by atoms with Gasteiger partial charge in [0.25, 0.3) is 0 Å². The van der Waals surface area contributed by atoms with Crippen LogP contribution < -0.4 is 10.1 Å². The number of nitrogens with one attached hydrogen (secondary N) is 1. The lowest BCUT2D eigenvalue weighted by molar-refractivity contribution is 0.412. The third-order valence-corrected chi connectivity index (χ3v) is 2.14. The van der Waals surface area contributed by atoms with Crippen LogP contribution in [0.15, 0.2) is 18.3 Å². The molecule has 1 rings (SSSR count). The molecule has 3 nitrogen and oxygen atoms in total. The lowest BCUT2D eigenvalue weighted by atomic mass is 10.2. The second-order valence-electron chi connectivity index (χ2n) is 3.30. The van der Waals surface area contributed by atoms with Crippen LogP contribution in [0.5, 0.6) is 5.75 Å². The van der Waals surface area contributed by atoms with E-state index in [0.29, 0.717) is 6.04 Å². The molecule has 0 aliphatic rings. The molecule has 0 fully saturated rings. The van der Waals surface area contributed by atoms with Gasteiger partial charge in [0, 0.05) is 6.04 Å². The first-order valence-corrected chi connectivity index (χ1v) is 5.01. The first-order chi connectivity index (χ1) is 6.77. The van der Waals surface area contributed by atoms with E-state index in [4.69, 9.17) is 4.74 Å². The molecule has 0 spiro atoms. The van der Waals surface area contributed by atoms with E-state index in [0.717, 1.165) is 24.4 Å². The number of pyridine rings is 1. The second kappa shape index (κ2) is 5.60. The summed E-state index contributed by atoms with van der Waals surface area (Å²) in [5.41, 5.74) is 1.05. The third kappa shape index (κ3) is 3.00. The van der Waals surface area contributed by atoms with Gasteiger partial charge < -0.3 is 10.1 Å². The van der Waals surface area contributed by atoms with E-state index >= 15 is 0 Å². The van der Waals surface area contributed by atoms with Gasteiger partial charge in [-0.15, -0.1) is 0 Å². The van der Waals surface area contributed by atoms with Gasteiger partial charge >= 0.3 is 0 Å². The smallest absolute Gasteiger partial charge is 0.137 e. The first kappa shape index (κ1) is 11.0. The molecule has 1 aromatic rings. The highest BCUT2D eigenvalue weighted by molar-refractivity contribution is 5.21. The monoisotopic (exact) mass is 194 g/mol. The van der Waals surface area contributed by atoms with E-state index in [1.807, 2.05) is 12.1 Å². The predicted octanol–water partition coefficient (Wildman–Crippen LogP) is 2.15. The minimum Gasteiger partial charge on any atom is -0.495 e. The zero-order valence-electron chi connectivity index (χ0n) is 9.08. The van der Waals surface area contributed by atoms with Crippen molar-refractivity contribution in [1.29, 1.82) is 0 Å². The van der Waals surface area contributed by atoms with Crippen LogP contribution in [0.4, 0.5) is 0 Å². The second-order valence-corrected chi connectivity index (χ2v) is 3.30. The zero-order valence-corrected chi connectivity index (χ0v) is 9.08. The van der Waals surface area contributed by atoms with Crippen LogP contribution >= 0.6 is 0 Å². The number of methoxy groups -OCH3 is 1. The number of ether oxygens (including phenoxy) is 1. The molecule has 1 heterocycles. The number of hydrogen-bond donors (Lipinski definition) is 1. The van der Waals surface area contributed by atoms with Crippen LogP contribution in [-0.2, 0) is 0 Å². The zero-order chi connectivity index (χ0) is 10.4. The number of aromatic nitrogens is 1. The molecule has 0 saturated carbocycles. The Balaban J connectivity index is 2.57. The molecule has 14 heavy (non-hydrogen) atoms. The Labute approximate surface area is 85.5 Å². The first-order valence-electron chi connectivity index (χ1n) is 5.01. The minimum absolute atomic E-state index is 0.306. The van der Waals surface area contributed by atoms with Gasteiger partial charge in [-0.05, 0) is 32.0 Å². The summed E-state index contributed by atoms with van der Waals surface area (Å²) in [6, 6.07) is 4.24. The van der Waals surface area contributed by atoms with Crippen molar-refractivity contribution < 1.29 is 4.74 Å². The maximum absolute atomic E-state index is 5.05. The van der Waals surface area contributed by atoms with Crippen molar-refractivity contribution in [2.24, 2.45) is 0 Å². The van der Waals surface area contributed by atoms with Gasteiger partial charge in [0.2, 0.25) is 0 Å². The Hall–Kier alpha value is -1.09. The van der Waals surface area contributed by atoms with Crippen molar-refractivity contribution in [1.82, 2.24) is 10.3 Å². The summed E-state index contributed by atoms with van der Waals surface area (Å²) in [4.78, 5) is 4.31. The van der Waals surface area contributed by atoms with Crippen molar-refractivity contribution in [3.63, 3.8) is 0 Å². The highest BCUT2D eigenvalue weighted by Crippen LogP contribution is 2.13. The minimum atomic E-state index is 0.306. The van der Waals surface area contributed by atoms with Gasteiger partial charge in [0.1, 0.15) is 5.75 Å². The number of hydrogen-bond acceptors (Lipinski definition) is 3. The average molecular weight is 194 g/mol. The van der Waals surface area contributed by atoms with Crippen LogP contribution in [0.1, 0.15) is 32.0 Å². The molecular formula is C11H18N2O. The lowest BCUT2D eigenvalue weighted by Crippen LogP contribution is -2.20. The van der Waals surface area contributed by atoms with Crippen LogP contribution in [-0.4, -0.2) is 18.6 Å². The van der Waals surface area contributed by atoms with Crippen molar-refractivity contribution in [2.45, 2.75) is 26.3 Å². The van der Waals surface area contributed by atoms with E-state index in [1.165, 1.54) is 0 Å². The molecular weight excluding hydrogens is 176 g/mol. The molecule has 0 saturated heterocycles. The normalized spacial score (nSPS) is 12.5.